The number of carbonyl (C=O) groups excluding carboxylic acids is 1. The average molecular weight is 345 g/mol. The third kappa shape index (κ3) is 2.13. The van der Waals surface area contributed by atoms with E-state index < -0.39 is 0 Å². The minimum Gasteiger partial charge on any atom is -0.361 e. The molecule has 3 heterocycles. The molecule has 120 valence electrons. The molecule has 0 unspecified atom stereocenters. The standard InChI is InChI=1S/C19H12N4OS/c20-18-17-16(22-9-23-18)13-4-3-12(8-15(13)25-17)11-2-1-10-5-6-21-19(24)14(10)7-11/h1-4,7-8,20H,5-6H2,(H,21,24)/p+1. The van der Waals surface area contributed by atoms with Crippen molar-refractivity contribution in [3.8, 4) is 11.1 Å². The number of hydrogen-bond acceptors (Lipinski definition) is 4. The fraction of sp³-hybridized carbons (Fsp3) is 0.105. The van der Waals surface area contributed by atoms with Gasteiger partial charge in [0.2, 0.25) is 0 Å². The minimum absolute atomic E-state index is 0.00428. The minimum atomic E-state index is 0.00428. The lowest BCUT2D eigenvalue weighted by molar-refractivity contribution is -0.259. The summed E-state index contributed by atoms with van der Waals surface area (Å²) in [5.74, 6) is 0.461. The molecule has 1 amide bonds. The zero-order valence-electron chi connectivity index (χ0n) is 13.2. The molecule has 0 fully saturated rings. The van der Waals surface area contributed by atoms with Crippen molar-refractivity contribution in [2.45, 2.75) is 6.42 Å². The Balaban J connectivity index is 1.68. The molecule has 0 bridgehead atoms. The van der Waals surface area contributed by atoms with E-state index in [-0.39, 0.29) is 5.91 Å². The lowest BCUT2D eigenvalue weighted by atomic mass is 9.95. The molecule has 5 rings (SSSR count). The van der Waals surface area contributed by atoms with Gasteiger partial charge < -0.3 is 11.1 Å². The van der Waals surface area contributed by atoms with Gasteiger partial charge in [-0.05, 0) is 41.3 Å². The van der Waals surface area contributed by atoms with Crippen LogP contribution in [0.1, 0.15) is 15.9 Å². The van der Waals surface area contributed by atoms with Crippen molar-refractivity contribution in [1.29, 1.82) is 0 Å². The van der Waals surface area contributed by atoms with Crippen molar-refractivity contribution in [3.63, 3.8) is 0 Å². The van der Waals surface area contributed by atoms with E-state index in [1.165, 1.54) is 0 Å². The van der Waals surface area contributed by atoms with Gasteiger partial charge in [-0.15, -0.1) is 11.3 Å². The molecule has 2 aromatic carbocycles. The van der Waals surface area contributed by atoms with E-state index in [1.54, 1.807) is 11.3 Å². The molecule has 0 aliphatic carbocycles. The first kappa shape index (κ1) is 14.2. The third-order valence-corrected chi connectivity index (χ3v) is 5.76. The van der Waals surface area contributed by atoms with Crippen molar-refractivity contribution in [2.75, 3.05) is 12.3 Å². The van der Waals surface area contributed by atoms with E-state index >= 15 is 0 Å². The van der Waals surface area contributed by atoms with Gasteiger partial charge in [-0.2, -0.15) is 4.98 Å². The van der Waals surface area contributed by atoms with E-state index in [9.17, 15) is 4.79 Å². The monoisotopic (exact) mass is 345 g/mol. The molecule has 6 heteroatoms. The summed E-state index contributed by atoms with van der Waals surface area (Å²) in [4.78, 5) is 20.3. The Bertz CT molecular complexity index is 1160. The summed E-state index contributed by atoms with van der Waals surface area (Å²) in [6.07, 6.45) is 3.48. The predicted octanol–water partition coefficient (Wildman–Crippen LogP) is 2.38. The molecular weight excluding hydrogens is 332 g/mol. The molecular formula is C19H13N4OS+. The van der Waals surface area contributed by atoms with Gasteiger partial charge in [0.1, 0.15) is 0 Å². The van der Waals surface area contributed by atoms with Crippen LogP contribution in [0.25, 0.3) is 31.4 Å². The number of nitrogen functional groups attached to an aromatic ring is 1. The van der Waals surface area contributed by atoms with Crippen LogP contribution in [0.5, 0.6) is 0 Å². The number of nitrogens with zero attached hydrogens (tertiary/aromatic N) is 2. The molecule has 4 aromatic rings. The fourth-order valence-electron chi connectivity index (χ4n) is 3.32. The van der Waals surface area contributed by atoms with Crippen LogP contribution in [0.3, 0.4) is 0 Å². The van der Waals surface area contributed by atoms with Crippen molar-refractivity contribution >= 4 is 43.4 Å². The Morgan fingerprint density at radius 3 is 2.96 bits per heavy atom. The third-order valence-electron chi connectivity index (χ3n) is 4.60. The van der Waals surface area contributed by atoms with Gasteiger partial charge in [0, 0.05) is 21.8 Å². The highest BCUT2D eigenvalue weighted by Crippen LogP contribution is 2.36. The number of carbonyl (C=O) groups is 1. The number of hydrogen-bond donors (Lipinski definition) is 2. The van der Waals surface area contributed by atoms with Gasteiger partial charge in [-0.1, -0.05) is 18.2 Å². The van der Waals surface area contributed by atoms with Gasteiger partial charge in [0.25, 0.3) is 17.2 Å². The Labute approximate surface area is 147 Å². The lowest BCUT2D eigenvalue weighted by Gasteiger charge is -2.17. The highest BCUT2D eigenvalue weighted by atomic mass is 32.1. The van der Waals surface area contributed by atoms with Gasteiger partial charge in [0.15, 0.2) is 4.70 Å². The summed E-state index contributed by atoms with van der Waals surface area (Å²) >= 11 is 1.58. The van der Waals surface area contributed by atoms with E-state index in [1.807, 2.05) is 12.1 Å². The summed E-state index contributed by atoms with van der Waals surface area (Å²) in [5, 5.41) is 3.95. The number of nitrogens with one attached hydrogen (secondary N) is 1. The van der Waals surface area contributed by atoms with Crippen LogP contribution in [-0.4, -0.2) is 17.4 Å². The number of fused-ring (bicyclic) bond motifs is 4. The maximum absolute atomic E-state index is 12.1. The van der Waals surface area contributed by atoms with Gasteiger partial charge in [0.05, 0.1) is 5.39 Å². The number of anilines is 1. The highest BCUT2D eigenvalue weighted by Gasteiger charge is 2.19. The van der Waals surface area contributed by atoms with Gasteiger partial charge in [-0.25, -0.2) is 0 Å². The number of rotatable bonds is 1. The van der Waals surface area contributed by atoms with E-state index in [0.29, 0.717) is 12.4 Å². The van der Waals surface area contributed by atoms with E-state index in [4.69, 9.17) is 5.73 Å². The van der Waals surface area contributed by atoms with Crippen LogP contribution in [0.2, 0.25) is 0 Å². The van der Waals surface area contributed by atoms with Crippen molar-refractivity contribution in [3.05, 3.63) is 53.9 Å². The lowest BCUT2D eigenvalue weighted by Crippen LogP contribution is -2.31. The number of amides is 1. The first-order chi connectivity index (χ1) is 12.2. The number of aromatic nitrogens is 2. The molecule has 1 aliphatic rings. The first-order valence-electron chi connectivity index (χ1n) is 7.98. The maximum atomic E-state index is 12.1. The van der Waals surface area contributed by atoms with Crippen molar-refractivity contribution in [1.82, 2.24) is 10.3 Å². The summed E-state index contributed by atoms with van der Waals surface area (Å²) in [7, 11) is 0. The van der Waals surface area contributed by atoms with Gasteiger partial charge >= 0.3 is 6.33 Å². The Kier molecular flexibility index (Phi) is 2.93. The summed E-state index contributed by atoms with van der Waals surface area (Å²) in [6, 6.07) is 12.3. The second-order valence-electron chi connectivity index (χ2n) is 6.08. The second kappa shape index (κ2) is 5.16. The van der Waals surface area contributed by atoms with Gasteiger partial charge in [-0.3, -0.25) is 4.79 Å². The van der Waals surface area contributed by atoms with Crippen molar-refractivity contribution < 1.29 is 9.78 Å². The Morgan fingerprint density at radius 2 is 2.04 bits per heavy atom. The quantitative estimate of drug-likeness (QED) is 0.555. The summed E-state index contributed by atoms with van der Waals surface area (Å²) < 4.78 is 1.98. The molecule has 0 saturated carbocycles. The fourth-order valence-corrected chi connectivity index (χ4v) is 4.40. The average Bonchev–Trinajstić information content (AvgIpc) is 3.01. The van der Waals surface area contributed by atoms with Crippen LogP contribution >= 0.6 is 11.3 Å². The molecule has 0 spiro atoms. The van der Waals surface area contributed by atoms with Crippen LogP contribution in [0, 0.1) is 6.33 Å². The zero-order valence-corrected chi connectivity index (χ0v) is 14.0. The van der Waals surface area contributed by atoms with E-state index in [2.05, 4.69) is 45.9 Å². The zero-order chi connectivity index (χ0) is 17.0. The van der Waals surface area contributed by atoms with E-state index in [0.717, 1.165) is 49.0 Å². The predicted molar refractivity (Wildman–Crippen MR) is 97.4 cm³/mol. The number of thiophene rings is 1. The molecule has 25 heavy (non-hydrogen) atoms. The van der Waals surface area contributed by atoms with Crippen molar-refractivity contribution in [2.24, 2.45) is 0 Å². The maximum Gasteiger partial charge on any atom is 0.431 e. The molecule has 2 aromatic heterocycles. The summed E-state index contributed by atoms with van der Waals surface area (Å²) in [6.45, 7) is 0.707. The van der Waals surface area contributed by atoms with Crippen LogP contribution in [-0.2, 0) is 6.42 Å². The molecule has 0 radical (unpaired) electrons. The van der Waals surface area contributed by atoms with Crippen LogP contribution in [0.4, 0.5) is 5.82 Å². The second-order valence-corrected chi connectivity index (χ2v) is 7.13. The first-order valence-corrected chi connectivity index (χ1v) is 8.80. The Morgan fingerprint density at radius 1 is 1.20 bits per heavy atom. The number of benzene rings is 2. The SMILES string of the molecule is Nc1nc#[n+]c2c1sc1cc(-c3ccc4c(c3)C(=O)NCC4)ccc12. The summed E-state index contributed by atoms with van der Waals surface area (Å²) in [5.41, 5.74) is 10.7. The molecule has 0 saturated heterocycles. The molecule has 3 N–H and O–H groups in total. The molecule has 0 atom stereocenters. The highest BCUT2D eigenvalue weighted by molar-refractivity contribution is 7.26. The largest absolute Gasteiger partial charge is 0.431 e. The Hall–Kier alpha value is -3.17. The van der Waals surface area contributed by atoms with Crippen LogP contribution < -0.4 is 16.0 Å². The molecule has 1 aliphatic heterocycles. The topological polar surface area (TPSA) is 82.1 Å². The molecule has 5 nitrogen and oxygen atoms in total. The normalized spacial score (nSPS) is 13.5. The number of nitrogens with two attached hydrogens (primary N) is 1. The smallest absolute Gasteiger partial charge is 0.361 e. The van der Waals surface area contributed by atoms with Crippen LogP contribution in [0.15, 0.2) is 36.4 Å².